The number of unbranched alkanes of at least 4 members (excludes halogenated alkanes) is 4. The Hall–Kier alpha value is -2.55. The van der Waals surface area contributed by atoms with E-state index in [0.29, 0.717) is 43.4 Å². The lowest BCUT2D eigenvalue weighted by Crippen LogP contribution is -2.44. The number of thioether (sulfide) groups is 2. The predicted octanol–water partition coefficient (Wildman–Crippen LogP) is 0.617. The summed E-state index contributed by atoms with van der Waals surface area (Å²) in [5.41, 5.74) is -0.305. The molecule has 1 heterocycles. The van der Waals surface area contributed by atoms with Gasteiger partial charge in [0.1, 0.15) is 0 Å². The lowest BCUT2D eigenvalue weighted by Gasteiger charge is -2.16. The van der Waals surface area contributed by atoms with Crippen molar-refractivity contribution in [3.8, 4) is 0 Å². The molecule has 0 aromatic rings. The summed E-state index contributed by atoms with van der Waals surface area (Å²) >= 11 is 3.08. The second-order valence-corrected chi connectivity index (χ2v) is 12.8. The first kappa shape index (κ1) is 37.5. The second kappa shape index (κ2) is 22.1. The van der Waals surface area contributed by atoms with Gasteiger partial charge in [-0.05, 0) is 44.3 Å². The van der Waals surface area contributed by atoms with Crippen molar-refractivity contribution in [2.24, 2.45) is 0 Å². The Morgan fingerprint density at radius 1 is 0.833 bits per heavy atom. The van der Waals surface area contributed by atoms with Gasteiger partial charge in [-0.25, -0.2) is 0 Å². The van der Waals surface area contributed by atoms with Gasteiger partial charge in [-0.3, -0.25) is 33.7 Å². The smallest absolute Gasteiger partial charge is 0.242 e. The SMILES string of the molecule is [B]C(=O)CCCCCSCNC(=O)CNC(=O)CNC(=O)CNC(=O)CCCCCN1C(=O)CC(SC(C)CC)C1=O. The molecule has 0 aromatic carbocycles. The number of hydrogen-bond acceptors (Lipinski definition) is 9. The molecule has 2 radical (unpaired) electrons. The molecule has 0 bridgehead atoms. The fourth-order valence-electron chi connectivity index (χ4n) is 3.80. The molecule has 1 fully saturated rings. The Morgan fingerprint density at radius 2 is 1.40 bits per heavy atom. The summed E-state index contributed by atoms with van der Waals surface area (Å²) in [7, 11) is 5.08. The Morgan fingerprint density at radius 3 is 2.02 bits per heavy atom. The minimum Gasteiger partial charge on any atom is -0.347 e. The highest BCUT2D eigenvalue weighted by Crippen LogP contribution is 2.29. The van der Waals surface area contributed by atoms with E-state index in [2.05, 4.69) is 21.3 Å². The maximum atomic E-state index is 12.5. The first-order valence-corrected chi connectivity index (χ1v) is 16.6. The van der Waals surface area contributed by atoms with Gasteiger partial charge in [-0.1, -0.05) is 26.7 Å². The molecule has 1 saturated heterocycles. The van der Waals surface area contributed by atoms with Crippen molar-refractivity contribution < 1.29 is 33.6 Å². The summed E-state index contributed by atoms with van der Waals surface area (Å²) < 4.78 is 0. The zero-order chi connectivity index (χ0) is 31.3. The molecule has 0 aromatic heterocycles. The van der Waals surface area contributed by atoms with E-state index < -0.39 is 11.8 Å². The highest BCUT2D eigenvalue weighted by Gasteiger charge is 2.38. The van der Waals surface area contributed by atoms with Gasteiger partial charge in [0.05, 0.1) is 36.4 Å². The fraction of sp³-hybridized carbons (Fsp3) is 0.741. The molecule has 15 heteroatoms. The van der Waals surface area contributed by atoms with Gasteiger partial charge in [0.25, 0.3) is 0 Å². The van der Waals surface area contributed by atoms with Crippen LogP contribution in [-0.2, 0) is 33.6 Å². The van der Waals surface area contributed by atoms with E-state index in [1.54, 1.807) is 11.8 Å². The summed E-state index contributed by atoms with van der Waals surface area (Å²) in [6.45, 7) is 3.62. The van der Waals surface area contributed by atoms with Crippen LogP contribution < -0.4 is 21.3 Å². The van der Waals surface area contributed by atoms with Crippen molar-refractivity contribution in [1.29, 1.82) is 0 Å². The van der Waals surface area contributed by atoms with Gasteiger partial charge in [-0.2, -0.15) is 0 Å². The third kappa shape index (κ3) is 17.4. The lowest BCUT2D eigenvalue weighted by atomic mass is 9.97. The van der Waals surface area contributed by atoms with Gasteiger partial charge in [-0.15, -0.1) is 23.5 Å². The monoisotopic (exact) mass is 625 g/mol. The number of carbonyl (C=O) groups excluding carboxylic acids is 7. The van der Waals surface area contributed by atoms with Crippen molar-refractivity contribution in [1.82, 2.24) is 26.2 Å². The Balaban J connectivity index is 2.04. The standard InChI is InChI=1S/C27H44BN5O7S2/c1-3-19(2)42-20-14-26(39)33(27(20)40)12-8-4-7-11-22(35)29-15-23(36)30-16-24(37)31-17-25(38)32-18-41-13-9-5-6-10-21(28)34/h19-20H,3-18H2,1-2H3,(H,29,35)(H,30,36)(H,31,37)(H,32,38). The van der Waals surface area contributed by atoms with Crippen LogP contribution in [0.3, 0.4) is 0 Å². The predicted molar refractivity (Wildman–Crippen MR) is 165 cm³/mol. The molecule has 234 valence electrons. The highest BCUT2D eigenvalue weighted by molar-refractivity contribution is 8.01. The molecule has 2 atom stereocenters. The van der Waals surface area contributed by atoms with Gasteiger partial charge in [0.15, 0.2) is 7.85 Å². The van der Waals surface area contributed by atoms with Crippen LogP contribution in [0.4, 0.5) is 0 Å². The number of nitrogens with zero attached hydrogens (tertiary/aromatic N) is 1. The van der Waals surface area contributed by atoms with Crippen molar-refractivity contribution in [2.45, 2.75) is 88.6 Å². The fourth-order valence-corrected chi connectivity index (χ4v) is 5.85. The summed E-state index contributed by atoms with van der Waals surface area (Å²) in [5, 5.41) is 9.96. The van der Waals surface area contributed by atoms with Gasteiger partial charge >= 0.3 is 0 Å². The number of hydrogen-bond donors (Lipinski definition) is 4. The van der Waals surface area contributed by atoms with E-state index in [0.717, 1.165) is 31.4 Å². The van der Waals surface area contributed by atoms with Crippen LogP contribution in [0, 0.1) is 0 Å². The molecular weight excluding hydrogens is 581 g/mol. The minimum absolute atomic E-state index is 0.122. The molecule has 4 N–H and O–H groups in total. The molecule has 0 aliphatic carbocycles. The van der Waals surface area contributed by atoms with E-state index >= 15 is 0 Å². The molecule has 0 saturated carbocycles. The molecule has 12 nitrogen and oxygen atoms in total. The molecule has 1 aliphatic heterocycles. The molecule has 2 unspecified atom stereocenters. The van der Waals surface area contributed by atoms with Crippen molar-refractivity contribution in [3.05, 3.63) is 0 Å². The topological polar surface area (TPSA) is 171 Å². The normalized spacial score (nSPS) is 15.3. The number of imide groups is 1. The number of nitrogens with one attached hydrogen (secondary N) is 4. The largest absolute Gasteiger partial charge is 0.347 e. The minimum atomic E-state index is -0.536. The number of amides is 6. The third-order valence-corrected chi connectivity index (χ3v) is 8.80. The van der Waals surface area contributed by atoms with Crippen molar-refractivity contribution in [3.63, 3.8) is 0 Å². The summed E-state index contributed by atoms with van der Waals surface area (Å²) in [6, 6.07) is 0. The summed E-state index contributed by atoms with van der Waals surface area (Å²) in [5.74, 6) is -0.773. The molecular formula is C27H44BN5O7S2. The third-order valence-electron chi connectivity index (χ3n) is 6.38. The number of likely N-dealkylation sites (tertiary alicyclic amines) is 1. The van der Waals surface area contributed by atoms with Crippen LogP contribution in [0.25, 0.3) is 0 Å². The molecule has 1 rings (SSSR count). The first-order valence-electron chi connectivity index (χ1n) is 14.5. The molecule has 0 spiro atoms. The Kier molecular flexibility index (Phi) is 19.7. The number of carbonyl (C=O) groups is 7. The van der Waals surface area contributed by atoms with E-state index in [1.807, 2.05) is 13.8 Å². The molecule has 6 amide bonds. The van der Waals surface area contributed by atoms with E-state index in [9.17, 15) is 33.6 Å². The van der Waals surface area contributed by atoms with Gasteiger partial charge < -0.3 is 26.1 Å². The van der Waals surface area contributed by atoms with Crippen LogP contribution >= 0.6 is 23.5 Å². The number of rotatable bonds is 23. The zero-order valence-corrected chi connectivity index (χ0v) is 26.3. The second-order valence-electron chi connectivity index (χ2n) is 10.0. The van der Waals surface area contributed by atoms with E-state index in [4.69, 9.17) is 7.85 Å². The maximum Gasteiger partial charge on any atom is 0.242 e. The molecule has 1 aliphatic rings. The quantitative estimate of drug-likeness (QED) is 0.0550. The van der Waals surface area contributed by atoms with E-state index in [-0.39, 0.29) is 67.0 Å². The van der Waals surface area contributed by atoms with Crippen LogP contribution in [-0.4, -0.2) is 102 Å². The van der Waals surface area contributed by atoms with Crippen LogP contribution in [0.2, 0.25) is 0 Å². The average molecular weight is 626 g/mol. The highest BCUT2D eigenvalue weighted by atomic mass is 32.2. The Bertz CT molecular complexity index is 941. The van der Waals surface area contributed by atoms with Crippen LogP contribution in [0.5, 0.6) is 0 Å². The summed E-state index contributed by atoms with van der Waals surface area (Å²) in [6.07, 6.45) is 6.14. The average Bonchev–Trinajstić information content (AvgIpc) is 3.21. The van der Waals surface area contributed by atoms with Crippen LogP contribution in [0.1, 0.15) is 78.1 Å². The van der Waals surface area contributed by atoms with Gasteiger partial charge in [0.2, 0.25) is 35.4 Å². The van der Waals surface area contributed by atoms with Crippen molar-refractivity contribution >= 4 is 72.5 Å². The summed E-state index contributed by atoms with van der Waals surface area (Å²) in [4.78, 5) is 84.2. The van der Waals surface area contributed by atoms with E-state index in [1.165, 1.54) is 16.7 Å². The lowest BCUT2D eigenvalue weighted by molar-refractivity contribution is -0.138. The zero-order valence-electron chi connectivity index (χ0n) is 24.7. The molecule has 42 heavy (non-hydrogen) atoms. The maximum absolute atomic E-state index is 12.5. The Labute approximate surface area is 258 Å². The first-order chi connectivity index (χ1) is 20.0. The van der Waals surface area contributed by atoms with Gasteiger partial charge in [0, 0.05) is 24.6 Å². The van der Waals surface area contributed by atoms with Crippen LogP contribution in [0.15, 0.2) is 0 Å². The van der Waals surface area contributed by atoms with Crippen molar-refractivity contribution in [2.75, 3.05) is 37.8 Å².